The Hall–Kier alpha value is -1.00. The van der Waals surface area contributed by atoms with Crippen molar-refractivity contribution < 1.29 is 8.78 Å². The molecule has 21 heavy (non-hydrogen) atoms. The van der Waals surface area contributed by atoms with Crippen molar-refractivity contribution in [1.82, 2.24) is 10.2 Å². The lowest BCUT2D eigenvalue weighted by atomic mass is 9.96. The average molecular weight is 296 g/mol. The zero-order valence-electron chi connectivity index (χ0n) is 13.0. The first kappa shape index (κ1) is 16.4. The number of halogens is 2. The third-order valence-corrected chi connectivity index (χ3v) is 4.42. The highest BCUT2D eigenvalue weighted by molar-refractivity contribution is 5.21. The minimum Gasteiger partial charge on any atom is -0.317 e. The molecule has 1 N–H and O–H groups in total. The Morgan fingerprint density at radius 1 is 1.29 bits per heavy atom. The Kier molecular flexibility index (Phi) is 6.12. The fraction of sp³-hybridized carbons (Fsp3) is 0.647. The van der Waals surface area contributed by atoms with Crippen LogP contribution in [0.4, 0.5) is 8.78 Å². The molecule has 2 nitrogen and oxygen atoms in total. The predicted octanol–water partition coefficient (Wildman–Crippen LogP) is 3.74. The van der Waals surface area contributed by atoms with E-state index in [0.717, 1.165) is 38.7 Å². The van der Waals surface area contributed by atoms with Crippen molar-refractivity contribution in [2.24, 2.45) is 5.92 Å². The first-order valence-corrected chi connectivity index (χ1v) is 8.01. The quantitative estimate of drug-likeness (QED) is 0.860. The van der Waals surface area contributed by atoms with Gasteiger partial charge in [-0.1, -0.05) is 13.0 Å². The number of hydrogen-bond acceptors (Lipinski definition) is 2. The summed E-state index contributed by atoms with van der Waals surface area (Å²) in [4.78, 5) is 2.34. The van der Waals surface area contributed by atoms with Crippen LogP contribution in [0.3, 0.4) is 0 Å². The number of hydrogen-bond donors (Lipinski definition) is 1. The first-order valence-electron chi connectivity index (χ1n) is 8.01. The van der Waals surface area contributed by atoms with Gasteiger partial charge in [-0.05, 0) is 57.8 Å². The van der Waals surface area contributed by atoms with Crippen LogP contribution in [-0.2, 0) is 0 Å². The molecule has 0 aromatic heterocycles. The monoisotopic (exact) mass is 296 g/mol. The smallest absolute Gasteiger partial charge is 0.130 e. The minimum atomic E-state index is -0.510. The molecule has 2 rings (SSSR count). The third-order valence-electron chi connectivity index (χ3n) is 4.42. The van der Waals surface area contributed by atoms with Gasteiger partial charge in [0.05, 0.1) is 0 Å². The van der Waals surface area contributed by atoms with Gasteiger partial charge in [-0.25, -0.2) is 8.78 Å². The zero-order chi connectivity index (χ0) is 15.2. The molecular formula is C17H26F2N2. The van der Waals surface area contributed by atoms with E-state index in [1.807, 2.05) is 6.92 Å². The van der Waals surface area contributed by atoms with Crippen LogP contribution < -0.4 is 5.32 Å². The molecule has 1 fully saturated rings. The number of nitrogens with one attached hydrogen (secondary N) is 1. The van der Waals surface area contributed by atoms with Crippen molar-refractivity contribution in [3.05, 3.63) is 35.4 Å². The summed E-state index contributed by atoms with van der Waals surface area (Å²) in [5.41, 5.74) is 0.596. The van der Waals surface area contributed by atoms with Crippen LogP contribution in [-0.4, -0.2) is 31.1 Å². The minimum absolute atomic E-state index is 0.0135. The van der Waals surface area contributed by atoms with E-state index in [1.54, 1.807) is 6.07 Å². The Morgan fingerprint density at radius 3 is 2.62 bits per heavy atom. The van der Waals surface area contributed by atoms with Crippen molar-refractivity contribution in [3.63, 3.8) is 0 Å². The fourth-order valence-corrected chi connectivity index (χ4v) is 3.16. The molecule has 1 saturated heterocycles. The normalized spacial score (nSPS) is 18.1. The van der Waals surface area contributed by atoms with E-state index < -0.39 is 11.6 Å². The molecule has 0 amide bonds. The lowest BCUT2D eigenvalue weighted by Gasteiger charge is -2.34. The van der Waals surface area contributed by atoms with E-state index in [2.05, 4.69) is 17.1 Å². The highest BCUT2D eigenvalue weighted by Gasteiger charge is 2.23. The molecule has 1 unspecified atom stereocenters. The summed E-state index contributed by atoms with van der Waals surface area (Å²) in [6, 6.07) is 3.91. The molecule has 4 heteroatoms. The van der Waals surface area contributed by atoms with Crippen molar-refractivity contribution in [3.8, 4) is 0 Å². The summed E-state index contributed by atoms with van der Waals surface area (Å²) < 4.78 is 27.1. The van der Waals surface area contributed by atoms with Gasteiger partial charge < -0.3 is 5.32 Å². The molecule has 0 spiro atoms. The van der Waals surface area contributed by atoms with Gasteiger partial charge in [0.15, 0.2) is 0 Å². The predicted molar refractivity (Wildman–Crippen MR) is 82.2 cm³/mol. The van der Waals surface area contributed by atoms with Crippen molar-refractivity contribution >= 4 is 0 Å². The lowest BCUT2D eigenvalue weighted by Crippen LogP contribution is -2.38. The van der Waals surface area contributed by atoms with Gasteiger partial charge in [-0.15, -0.1) is 0 Å². The maximum Gasteiger partial charge on any atom is 0.130 e. The van der Waals surface area contributed by atoms with Crippen molar-refractivity contribution in [2.45, 2.75) is 39.2 Å². The number of piperidine rings is 1. The standard InChI is InChI=1S/C17H26F2N2/c1-3-10-21(12-14-6-8-20-9-7-14)13(2)16-5-4-15(18)11-17(16)19/h4-5,11,13-14,20H,3,6-10,12H2,1-2H3. The van der Waals surface area contributed by atoms with Crippen LogP contribution in [0.15, 0.2) is 18.2 Å². The molecular weight excluding hydrogens is 270 g/mol. The van der Waals surface area contributed by atoms with Gasteiger partial charge in [0.1, 0.15) is 11.6 Å². The molecule has 118 valence electrons. The third kappa shape index (κ3) is 4.48. The van der Waals surface area contributed by atoms with Crippen molar-refractivity contribution in [1.29, 1.82) is 0 Å². The van der Waals surface area contributed by atoms with Crippen molar-refractivity contribution in [2.75, 3.05) is 26.2 Å². The second kappa shape index (κ2) is 7.85. The van der Waals surface area contributed by atoms with Gasteiger partial charge in [0.2, 0.25) is 0 Å². The molecule has 1 aromatic rings. The lowest BCUT2D eigenvalue weighted by molar-refractivity contribution is 0.158. The van der Waals surface area contributed by atoms with Crippen LogP contribution in [0.2, 0.25) is 0 Å². The summed E-state index contributed by atoms with van der Waals surface area (Å²) in [6.07, 6.45) is 3.40. The van der Waals surface area contributed by atoms with E-state index in [-0.39, 0.29) is 6.04 Å². The van der Waals surface area contributed by atoms with Gasteiger partial charge >= 0.3 is 0 Å². The van der Waals surface area contributed by atoms with Crippen LogP contribution in [0, 0.1) is 17.6 Å². The molecule has 0 aliphatic carbocycles. The van der Waals surface area contributed by atoms with E-state index in [9.17, 15) is 8.78 Å². The van der Waals surface area contributed by atoms with E-state index in [0.29, 0.717) is 11.5 Å². The van der Waals surface area contributed by atoms with Crippen LogP contribution in [0.25, 0.3) is 0 Å². The number of rotatable bonds is 6. The Bertz CT molecular complexity index is 444. The number of nitrogens with zero attached hydrogens (tertiary/aromatic N) is 1. The zero-order valence-corrected chi connectivity index (χ0v) is 13.0. The van der Waals surface area contributed by atoms with Crippen LogP contribution >= 0.6 is 0 Å². The molecule has 1 aliphatic heterocycles. The second-order valence-electron chi connectivity index (χ2n) is 6.03. The van der Waals surface area contributed by atoms with Crippen LogP contribution in [0.1, 0.15) is 44.7 Å². The molecule has 1 aromatic carbocycles. The average Bonchev–Trinajstić information content (AvgIpc) is 2.47. The van der Waals surface area contributed by atoms with Gasteiger partial charge in [0, 0.05) is 24.2 Å². The second-order valence-corrected chi connectivity index (χ2v) is 6.03. The van der Waals surface area contributed by atoms with E-state index >= 15 is 0 Å². The molecule has 1 atom stereocenters. The van der Waals surface area contributed by atoms with Crippen LogP contribution in [0.5, 0.6) is 0 Å². The van der Waals surface area contributed by atoms with E-state index in [4.69, 9.17) is 0 Å². The maximum absolute atomic E-state index is 14.0. The molecule has 0 radical (unpaired) electrons. The highest BCUT2D eigenvalue weighted by Crippen LogP contribution is 2.26. The van der Waals surface area contributed by atoms with Gasteiger partial charge in [-0.2, -0.15) is 0 Å². The van der Waals surface area contributed by atoms with E-state index in [1.165, 1.54) is 18.9 Å². The fourth-order valence-electron chi connectivity index (χ4n) is 3.16. The number of benzene rings is 1. The SMILES string of the molecule is CCCN(CC1CCNCC1)C(C)c1ccc(F)cc1F. The summed E-state index contributed by atoms with van der Waals surface area (Å²) in [6.45, 7) is 8.25. The molecule has 1 aliphatic rings. The topological polar surface area (TPSA) is 15.3 Å². The summed E-state index contributed by atoms with van der Waals surface area (Å²) in [7, 11) is 0. The Morgan fingerprint density at radius 2 is 2.00 bits per heavy atom. The van der Waals surface area contributed by atoms with Gasteiger partial charge in [-0.3, -0.25) is 4.90 Å². The molecule has 1 heterocycles. The Balaban J connectivity index is 2.08. The Labute approximate surface area is 126 Å². The largest absolute Gasteiger partial charge is 0.317 e. The maximum atomic E-state index is 14.0. The summed E-state index contributed by atoms with van der Waals surface area (Å²) >= 11 is 0. The highest BCUT2D eigenvalue weighted by atomic mass is 19.1. The summed E-state index contributed by atoms with van der Waals surface area (Å²) in [5.74, 6) is -0.276. The molecule has 0 bridgehead atoms. The van der Waals surface area contributed by atoms with Gasteiger partial charge in [0.25, 0.3) is 0 Å². The first-order chi connectivity index (χ1) is 10.1. The molecule has 0 saturated carbocycles. The summed E-state index contributed by atoms with van der Waals surface area (Å²) in [5, 5.41) is 3.38.